The van der Waals surface area contributed by atoms with Gasteiger partial charge in [0.05, 0.1) is 5.75 Å². The maximum absolute atomic E-state index is 12.2. The van der Waals surface area contributed by atoms with E-state index in [-0.39, 0.29) is 17.1 Å². The van der Waals surface area contributed by atoms with E-state index in [9.17, 15) is 13.2 Å². The second-order valence-corrected chi connectivity index (χ2v) is 9.84. The predicted octanol–water partition coefficient (Wildman–Crippen LogP) is 3.92. The molecule has 142 valence electrons. The first-order valence-electron chi connectivity index (χ1n) is 9.22. The molecule has 3 aromatic rings. The van der Waals surface area contributed by atoms with Gasteiger partial charge < -0.3 is 8.98 Å². The molecule has 1 aliphatic rings. The number of aromatic nitrogens is 1. The second-order valence-electron chi connectivity index (χ2n) is 7.49. The molecule has 0 amide bonds. The van der Waals surface area contributed by atoms with Crippen molar-refractivity contribution in [2.45, 2.75) is 38.4 Å². The minimum Gasteiger partial charge on any atom is -0.460 e. The number of pyridine rings is 1. The van der Waals surface area contributed by atoms with Crippen LogP contribution in [0.15, 0.2) is 39.7 Å². The van der Waals surface area contributed by atoms with Crippen molar-refractivity contribution in [1.82, 2.24) is 4.57 Å². The average Bonchev–Trinajstić information content (AvgIpc) is 3.38. The summed E-state index contributed by atoms with van der Waals surface area (Å²) in [5.74, 6) is 1.54. The van der Waals surface area contributed by atoms with Gasteiger partial charge in [-0.3, -0.25) is 4.79 Å². The van der Waals surface area contributed by atoms with Crippen molar-refractivity contribution >= 4 is 20.8 Å². The number of rotatable bonds is 5. The summed E-state index contributed by atoms with van der Waals surface area (Å²) < 4.78 is 32.0. The zero-order valence-electron chi connectivity index (χ0n) is 15.8. The summed E-state index contributed by atoms with van der Waals surface area (Å²) in [5, 5.41) is 0.919. The van der Waals surface area contributed by atoms with Crippen LogP contribution < -0.4 is 5.56 Å². The number of benzene rings is 1. The molecule has 0 unspecified atom stereocenters. The van der Waals surface area contributed by atoms with Gasteiger partial charge in [0.25, 0.3) is 5.56 Å². The molecule has 1 fully saturated rings. The summed E-state index contributed by atoms with van der Waals surface area (Å²) in [6, 6.07) is 7.67. The summed E-state index contributed by atoms with van der Waals surface area (Å²) in [5.41, 5.74) is 3.79. The second kappa shape index (κ2) is 6.37. The van der Waals surface area contributed by atoms with Crippen LogP contribution >= 0.6 is 0 Å². The van der Waals surface area contributed by atoms with Crippen molar-refractivity contribution in [2.24, 2.45) is 7.05 Å². The van der Waals surface area contributed by atoms with Gasteiger partial charge in [-0.1, -0.05) is 6.92 Å². The minimum atomic E-state index is -3.15. The van der Waals surface area contributed by atoms with E-state index in [1.54, 1.807) is 31.7 Å². The summed E-state index contributed by atoms with van der Waals surface area (Å²) in [6.07, 6.45) is 4.04. The van der Waals surface area contributed by atoms with E-state index < -0.39 is 9.84 Å². The fourth-order valence-electron chi connectivity index (χ4n) is 3.48. The van der Waals surface area contributed by atoms with Gasteiger partial charge in [-0.05, 0) is 49.6 Å². The highest BCUT2D eigenvalue weighted by atomic mass is 32.2. The molecule has 2 aromatic heterocycles. The van der Waals surface area contributed by atoms with Crippen LogP contribution in [0.3, 0.4) is 0 Å². The van der Waals surface area contributed by atoms with Crippen LogP contribution in [0.4, 0.5) is 0 Å². The summed E-state index contributed by atoms with van der Waals surface area (Å²) in [7, 11) is -1.42. The van der Waals surface area contributed by atoms with E-state index in [1.165, 1.54) is 0 Å². The highest BCUT2D eigenvalue weighted by Crippen LogP contribution is 2.44. The Kier molecular flexibility index (Phi) is 4.26. The number of furan rings is 1. The molecule has 0 bridgehead atoms. The van der Waals surface area contributed by atoms with Crippen molar-refractivity contribution < 1.29 is 12.8 Å². The zero-order valence-corrected chi connectivity index (χ0v) is 16.6. The summed E-state index contributed by atoms with van der Waals surface area (Å²) >= 11 is 0. The van der Waals surface area contributed by atoms with Gasteiger partial charge in [0.2, 0.25) is 0 Å². The van der Waals surface area contributed by atoms with Crippen LogP contribution in [0.5, 0.6) is 0 Å². The van der Waals surface area contributed by atoms with E-state index >= 15 is 0 Å². The number of hydrogen-bond acceptors (Lipinski definition) is 4. The van der Waals surface area contributed by atoms with Gasteiger partial charge in [-0.2, -0.15) is 0 Å². The van der Waals surface area contributed by atoms with Gasteiger partial charge in [0.15, 0.2) is 9.84 Å². The molecule has 27 heavy (non-hydrogen) atoms. The minimum absolute atomic E-state index is 0.00112. The van der Waals surface area contributed by atoms with Crippen molar-refractivity contribution in [3.8, 4) is 11.1 Å². The van der Waals surface area contributed by atoms with Gasteiger partial charge in [-0.15, -0.1) is 0 Å². The Bertz CT molecular complexity index is 1170. The molecule has 0 radical (unpaired) electrons. The topological polar surface area (TPSA) is 69.3 Å². The normalized spacial score (nSPS) is 14.8. The van der Waals surface area contributed by atoms with Crippen LogP contribution in [0, 0.1) is 6.92 Å². The standard InChI is InChI=1S/C21H23NO4S/c1-4-27(24,25)12-14-8-16-10-19(15-5-6-15)26-20(16)18(9-14)17-7-13(2)21(23)22(3)11-17/h7-11,15H,4-6,12H2,1-3H3. The Morgan fingerprint density at radius 2 is 1.93 bits per heavy atom. The lowest BCUT2D eigenvalue weighted by atomic mass is 10.0. The Labute approximate surface area is 158 Å². The van der Waals surface area contributed by atoms with Crippen LogP contribution in [0.1, 0.15) is 42.6 Å². The molecule has 1 aliphatic carbocycles. The molecular weight excluding hydrogens is 362 g/mol. The Balaban J connectivity index is 1.94. The third-order valence-corrected chi connectivity index (χ3v) is 6.83. The first kappa shape index (κ1) is 18.0. The van der Waals surface area contributed by atoms with Gasteiger partial charge in [0, 0.05) is 47.0 Å². The molecule has 1 aromatic carbocycles. The fraction of sp³-hybridized carbons (Fsp3) is 0.381. The van der Waals surface area contributed by atoms with Crippen molar-refractivity contribution in [3.05, 3.63) is 57.7 Å². The summed E-state index contributed by atoms with van der Waals surface area (Å²) in [6.45, 7) is 3.44. The van der Waals surface area contributed by atoms with Crippen LogP contribution in [-0.4, -0.2) is 18.7 Å². The van der Waals surface area contributed by atoms with Crippen molar-refractivity contribution in [3.63, 3.8) is 0 Å². The van der Waals surface area contributed by atoms with E-state index in [0.29, 0.717) is 11.5 Å². The maximum atomic E-state index is 12.2. The highest BCUT2D eigenvalue weighted by molar-refractivity contribution is 7.90. The lowest BCUT2D eigenvalue weighted by Crippen LogP contribution is -2.18. The van der Waals surface area contributed by atoms with Crippen LogP contribution in [-0.2, 0) is 22.6 Å². The number of aryl methyl sites for hydroxylation is 2. The SMILES string of the molecule is CCS(=O)(=O)Cc1cc(-c2cc(C)c(=O)n(C)c2)c2oc(C3CC3)cc2c1. The fourth-order valence-corrected chi connectivity index (χ4v) is 4.36. The summed E-state index contributed by atoms with van der Waals surface area (Å²) in [4.78, 5) is 12.1. The number of sulfone groups is 1. The number of hydrogen-bond donors (Lipinski definition) is 0. The largest absolute Gasteiger partial charge is 0.460 e. The molecule has 1 saturated carbocycles. The molecule has 0 N–H and O–H groups in total. The number of nitrogens with zero attached hydrogens (tertiary/aromatic N) is 1. The van der Waals surface area contributed by atoms with E-state index in [4.69, 9.17) is 4.42 Å². The Hall–Kier alpha value is -2.34. The monoisotopic (exact) mass is 385 g/mol. The number of fused-ring (bicyclic) bond motifs is 1. The molecule has 2 heterocycles. The Morgan fingerprint density at radius 1 is 1.19 bits per heavy atom. The quantitative estimate of drug-likeness (QED) is 0.667. The molecule has 6 heteroatoms. The smallest absolute Gasteiger partial charge is 0.253 e. The Morgan fingerprint density at radius 3 is 2.56 bits per heavy atom. The van der Waals surface area contributed by atoms with E-state index in [2.05, 4.69) is 0 Å². The zero-order chi connectivity index (χ0) is 19.3. The average molecular weight is 385 g/mol. The van der Waals surface area contributed by atoms with Gasteiger partial charge >= 0.3 is 0 Å². The molecular formula is C21H23NO4S. The van der Waals surface area contributed by atoms with Crippen molar-refractivity contribution in [1.29, 1.82) is 0 Å². The molecule has 4 rings (SSSR count). The van der Waals surface area contributed by atoms with Gasteiger partial charge in [0.1, 0.15) is 11.3 Å². The van der Waals surface area contributed by atoms with E-state index in [0.717, 1.165) is 46.3 Å². The van der Waals surface area contributed by atoms with Crippen LogP contribution in [0.25, 0.3) is 22.1 Å². The first-order chi connectivity index (χ1) is 12.8. The predicted molar refractivity (Wildman–Crippen MR) is 107 cm³/mol. The lowest BCUT2D eigenvalue weighted by Gasteiger charge is -2.10. The first-order valence-corrected chi connectivity index (χ1v) is 11.0. The van der Waals surface area contributed by atoms with Gasteiger partial charge in [-0.25, -0.2) is 8.42 Å². The molecule has 5 nitrogen and oxygen atoms in total. The third kappa shape index (κ3) is 3.46. The third-order valence-electron chi connectivity index (χ3n) is 5.17. The van der Waals surface area contributed by atoms with Crippen LogP contribution in [0.2, 0.25) is 0 Å². The lowest BCUT2D eigenvalue weighted by molar-refractivity contribution is 0.553. The molecule has 0 spiro atoms. The van der Waals surface area contributed by atoms with Crippen molar-refractivity contribution in [2.75, 3.05) is 5.75 Å². The highest BCUT2D eigenvalue weighted by Gasteiger charge is 2.28. The maximum Gasteiger partial charge on any atom is 0.253 e. The molecule has 0 saturated heterocycles. The molecule has 0 aliphatic heterocycles. The molecule has 0 atom stereocenters. The van der Waals surface area contributed by atoms with E-state index in [1.807, 2.05) is 24.3 Å².